The minimum Gasteiger partial charge on any atom is -0.483 e. The Morgan fingerprint density at radius 2 is 2.13 bits per heavy atom. The zero-order valence-corrected chi connectivity index (χ0v) is 13.4. The van der Waals surface area contributed by atoms with E-state index < -0.39 is 0 Å². The molecule has 2 atom stereocenters. The second kappa shape index (κ2) is 7.68. The van der Waals surface area contributed by atoms with E-state index in [1.165, 1.54) is 6.33 Å². The van der Waals surface area contributed by atoms with Crippen molar-refractivity contribution in [1.82, 2.24) is 9.97 Å². The van der Waals surface area contributed by atoms with Crippen LogP contribution in [0, 0.1) is 11.2 Å². The average Bonchev–Trinajstić information content (AvgIpc) is 2.88. The third-order valence-electron chi connectivity index (χ3n) is 4.95. The molecule has 1 aliphatic carbocycles. The molecule has 0 bridgehead atoms. The second-order valence-corrected chi connectivity index (χ2v) is 6.21. The van der Waals surface area contributed by atoms with Crippen molar-refractivity contribution in [3.8, 4) is 0 Å². The molecule has 0 unspecified atom stereocenters. The number of rotatable bonds is 2. The lowest BCUT2D eigenvalue weighted by atomic mass is 9.76. The van der Waals surface area contributed by atoms with E-state index >= 15 is 0 Å². The largest absolute Gasteiger partial charge is 0.483 e. The Balaban J connectivity index is 0.000000595. The van der Waals surface area contributed by atoms with E-state index in [1.54, 1.807) is 0 Å². The lowest BCUT2D eigenvalue weighted by Crippen LogP contribution is -2.48. The first-order chi connectivity index (χ1) is 11.1. The van der Waals surface area contributed by atoms with Crippen LogP contribution >= 0.6 is 0 Å². The van der Waals surface area contributed by atoms with Crippen molar-refractivity contribution in [2.75, 3.05) is 18.0 Å². The molecule has 0 amide bonds. The van der Waals surface area contributed by atoms with Gasteiger partial charge in [-0.25, -0.2) is 14.4 Å². The van der Waals surface area contributed by atoms with E-state index in [9.17, 15) is 9.50 Å². The molecule has 1 saturated heterocycles. The van der Waals surface area contributed by atoms with Crippen LogP contribution in [-0.2, 0) is 11.2 Å². The van der Waals surface area contributed by atoms with Gasteiger partial charge in [0.25, 0.3) is 6.47 Å². The molecule has 2 fully saturated rings. The number of aliphatic hydroxyl groups is 1. The molecule has 23 heavy (non-hydrogen) atoms. The minimum atomic E-state index is -0.292. The van der Waals surface area contributed by atoms with Crippen LogP contribution in [0.2, 0.25) is 0 Å². The van der Waals surface area contributed by atoms with Crippen molar-refractivity contribution in [3.05, 3.63) is 17.8 Å². The van der Waals surface area contributed by atoms with Crippen LogP contribution in [0.1, 0.15) is 44.7 Å². The summed E-state index contributed by atoms with van der Waals surface area (Å²) < 4.78 is 14.4. The molecule has 1 saturated carbocycles. The Morgan fingerprint density at radius 3 is 2.74 bits per heavy atom. The van der Waals surface area contributed by atoms with Gasteiger partial charge in [-0.05, 0) is 32.1 Å². The molecule has 1 spiro atoms. The van der Waals surface area contributed by atoms with E-state index in [1.807, 2.05) is 11.8 Å². The monoisotopic (exact) mass is 325 g/mol. The molecular formula is C16H24FN3O3. The van der Waals surface area contributed by atoms with Crippen LogP contribution in [0.3, 0.4) is 0 Å². The summed E-state index contributed by atoms with van der Waals surface area (Å²) in [7, 11) is 0. The van der Waals surface area contributed by atoms with Gasteiger partial charge in [-0.2, -0.15) is 0 Å². The molecule has 2 aliphatic rings. The fourth-order valence-corrected chi connectivity index (χ4v) is 3.80. The van der Waals surface area contributed by atoms with Crippen LogP contribution in [0.25, 0.3) is 0 Å². The van der Waals surface area contributed by atoms with Crippen molar-refractivity contribution in [1.29, 1.82) is 0 Å². The van der Waals surface area contributed by atoms with Gasteiger partial charge in [0.1, 0.15) is 6.33 Å². The number of aliphatic hydroxyl groups excluding tert-OH is 1. The average molecular weight is 325 g/mol. The van der Waals surface area contributed by atoms with Gasteiger partial charge in [-0.3, -0.25) is 4.79 Å². The van der Waals surface area contributed by atoms with Crippen molar-refractivity contribution in [2.45, 2.75) is 51.6 Å². The second-order valence-electron chi connectivity index (χ2n) is 6.21. The zero-order chi connectivity index (χ0) is 16.9. The normalized spacial score (nSPS) is 26.7. The quantitative estimate of drug-likeness (QED) is 0.809. The highest BCUT2D eigenvalue weighted by atomic mass is 19.1. The van der Waals surface area contributed by atoms with Gasteiger partial charge < -0.3 is 15.1 Å². The molecule has 1 aromatic heterocycles. The lowest BCUT2D eigenvalue weighted by Gasteiger charge is -2.43. The molecule has 1 aliphatic heterocycles. The number of anilines is 1. The first kappa shape index (κ1) is 17.6. The summed E-state index contributed by atoms with van der Waals surface area (Å²) in [5, 5.41) is 17.2. The number of halogens is 1. The Hall–Kier alpha value is -1.76. The number of aromatic nitrogens is 2. The summed E-state index contributed by atoms with van der Waals surface area (Å²) in [4.78, 5) is 18.5. The SMILES string of the molecule is CCc1ncnc(N2CCC[C@]3(CCC[C@H]3O)C2)c1F.O=CO. The summed E-state index contributed by atoms with van der Waals surface area (Å²) in [5.74, 6) is 0.120. The summed E-state index contributed by atoms with van der Waals surface area (Å²) in [6.07, 6.45) is 6.78. The summed E-state index contributed by atoms with van der Waals surface area (Å²) >= 11 is 0. The Kier molecular flexibility index (Phi) is 5.87. The molecule has 128 valence electrons. The van der Waals surface area contributed by atoms with E-state index in [2.05, 4.69) is 9.97 Å². The maximum absolute atomic E-state index is 14.4. The van der Waals surface area contributed by atoms with Gasteiger partial charge >= 0.3 is 0 Å². The van der Waals surface area contributed by atoms with Crippen LogP contribution in [0.4, 0.5) is 10.2 Å². The molecule has 2 heterocycles. The highest BCUT2D eigenvalue weighted by Gasteiger charge is 2.45. The van der Waals surface area contributed by atoms with Gasteiger partial charge in [0, 0.05) is 18.5 Å². The summed E-state index contributed by atoms with van der Waals surface area (Å²) in [6.45, 7) is 3.17. The standard InChI is InChI=1S/C15H22FN3O.CH2O2/c1-2-11-13(16)14(18-10-17-11)19-8-4-7-15(9-19)6-3-5-12(15)20;2-1-3/h10,12,20H,2-9H2,1H3;1H,(H,2,3)/t12-,15-;/m1./s1. The molecule has 2 N–H and O–H groups in total. The highest BCUT2D eigenvalue weighted by molar-refractivity contribution is 5.42. The molecule has 1 aromatic rings. The molecule has 3 rings (SSSR count). The molecule has 6 nitrogen and oxygen atoms in total. The van der Waals surface area contributed by atoms with Crippen molar-refractivity contribution in [3.63, 3.8) is 0 Å². The van der Waals surface area contributed by atoms with Crippen molar-refractivity contribution >= 4 is 12.3 Å². The fourth-order valence-electron chi connectivity index (χ4n) is 3.80. The fraction of sp³-hybridized carbons (Fsp3) is 0.688. The Morgan fingerprint density at radius 1 is 1.43 bits per heavy atom. The first-order valence-corrected chi connectivity index (χ1v) is 8.08. The summed E-state index contributed by atoms with van der Waals surface area (Å²) in [5.41, 5.74) is 0.420. The highest BCUT2D eigenvalue weighted by Crippen LogP contribution is 2.45. The lowest BCUT2D eigenvalue weighted by molar-refractivity contribution is -0.122. The van der Waals surface area contributed by atoms with E-state index in [4.69, 9.17) is 9.90 Å². The minimum absolute atomic E-state index is 0.0536. The number of carbonyl (C=O) groups is 1. The molecule has 7 heteroatoms. The Labute approximate surface area is 135 Å². The van der Waals surface area contributed by atoms with E-state index in [-0.39, 0.29) is 23.8 Å². The van der Waals surface area contributed by atoms with Crippen LogP contribution < -0.4 is 4.90 Å². The number of carboxylic acid groups (broad SMARTS) is 1. The third-order valence-corrected chi connectivity index (χ3v) is 4.95. The maximum atomic E-state index is 14.4. The summed E-state index contributed by atoms with van der Waals surface area (Å²) in [6, 6.07) is 0. The zero-order valence-electron chi connectivity index (χ0n) is 13.4. The van der Waals surface area contributed by atoms with Gasteiger partial charge in [-0.1, -0.05) is 13.3 Å². The van der Waals surface area contributed by atoms with Crippen molar-refractivity contribution in [2.24, 2.45) is 5.41 Å². The van der Waals surface area contributed by atoms with Crippen LogP contribution in [0.5, 0.6) is 0 Å². The topological polar surface area (TPSA) is 86.5 Å². The predicted octanol–water partition coefficient (Wildman–Crippen LogP) is 2.01. The van der Waals surface area contributed by atoms with Gasteiger partial charge in [0.05, 0.1) is 11.8 Å². The number of hydrogen-bond donors (Lipinski definition) is 2. The molecule has 0 aromatic carbocycles. The molecule has 0 radical (unpaired) electrons. The molecular weight excluding hydrogens is 301 g/mol. The smallest absolute Gasteiger partial charge is 0.290 e. The number of hydrogen-bond acceptors (Lipinski definition) is 5. The van der Waals surface area contributed by atoms with Gasteiger partial charge in [0.15, 0.2) is 11.6 Å². The first-order valence-electron chi connectivity index (χ1n) is 8.08. The third kappa shape index (κ3) is 3.60. The van der Waals surface area contributed by atoms with Crippen molar-refractivity contribution < 1.29 is 19.4 Å². The number of aryl methyl sites for hydroxylation is 1. The van der Waals surface area contributed by atoms with Crippen LogP contribution in [0.15, 0.2) is 6.33 Å². The maximum Gasteiger partial charge on any atom is 0.290 e. The number of piperidine rings is 1. The van der Waals surface area contributed by atoms with Crippen LogP contribution in [-0.4, -0.2) is 45.8 Å². The van der Waals surface area contributed by atoms with E-state index in [0.717, 1.165) is 38.6 Å². The Bertz CT molecular complexity index is 543. The van der Waals surface area contributed by atoms with E-state index in [0.29, 0.717) is 24.5 Å². The number of nitrogens with zero attached hydrogens (tertiary/aromatic N) is 3. The van der Waals surface area contributed by atoms with Gasteiger partial charge in [-0.15, -0.1) is 0 Å². The van der Waals surface area contributed by atoms with Gasteiger partial charge in [0.2, 0.25) is 0 Å². The predicted molar refractivity (Wildman–Crippen MR) is 83.8 cm³/mol.